The number of nitrogens with zero attached hydrogens (tertiary/aromatic N) is 6. The number of benzene rings is 4. The SMILES string of the molecule is Cc1nnc2n1-c1ccc(Cl)cc1C(c1ccccc1)=NC2.O=C1CN=C(c2ccccc2)c2cc(Cl)ccc2N1CC(F)(F)F. The molecule has 5 aromatic rings. The Balaban J connectivity index is 0.000000162. The van der Waals surface area contributed by atoms with E-state index in [-0.39, 0.29) is 12.2 Å². The molecule has 0 radical (unpaired) electrons. The van der Waals surface area contributed by atoms with Crippen LogP contribution in [0.1, 0.15) is 33.9 Å². The van der Waals surface area contributed by atoms with Crippen molar-refractivity contribution in [3.63, 3.8) is 0 Å². The normalized spacial score (nSPS) is 14.0. The van der Waals surface area contributed by atoms with Crippen molar-refractivity contribution in [2.75, 3.05) is 18.0 Å². The van der Waals surface area contributed by atoms with Crippen molar-refractivity contribution in [2.24, 2.45) is 9.98 Å². The Morgan fingerprint density at radius 1 is 0.717 bits per heavy atom. The Bertz CT molecular complexity index is 1970. The second kappa shape index (κ2) is 12.9. The first-order valence-electron chi connectivity index (χ1n) is 14.2. The molecule has 46 heavy (non-hydrogen) atoms. The summed E-state index contributed by atoms with van der Waals surface area (Å²) in [4.78, 5) is 21.9. The largest absolute Gasteiger partial charge is 0.406 e. The maximum Gasteiger partial charge on any atom is 0.406 e. The third-order valence-electron chi connectivity index (χ3n) is 7.33. The molecular formula is C34H25Cl2F3N6O. The molecule has 0 bridgehead atoms. The molecule has 0 saturated carbocycles. The molecule has 7 rings (SSSR count). The lowest BCUT2D eigenvalue weighted by molar-refractivity contribution is -0.131. The van der Waals surface area contributed by atoms with E-state index >= 15 is 0 Å². The highest BCUT2D eigenvalue weighted by Gasteiger charge is 2.36. The van der Waals surface area contributed by atoms with Gasteiger partial charge in [-0.3, -0.25) is 19.3 Å². The van der Waals surface area contributed by atoms with Crippen molar-refractivity contribution in [1.82, 2.24) is 14.8 Å². The molecule has 0 fully saturated rings. The highest BCUT2D eigenvalue weighted by molar-refractivity contribution is 6.32. The number of hydrogen-bond acceptors (Lipinski definition) is 5. The molecule has 7 nitrogen and oxygen atoms in total. The van der Waals surface area contributed by atoms with Crippen molar-refractivity contribution in [3.05, 3.63) is 141 Å². The number of benzodiazepines with no additional fused rings is 1. The fourth-order valence-corrected chi connectivity index (χ4v) is 5.72. The summed E-state index contributed by atoms with van der Waals surface area (Å²) in [5, 5.41) is 9.46. The van der Waals surface area contributed by atoms with Crippen LogP contribution < -0.4 is 4.90 Å². The highest BCUT2D eigenvalue weighted by Crippen LogP contribution is 2.32. The number of anilines is 1. The summed E-state index contributed by atoms with van der Waals surface area (Å²) in [5.41, 5.74) is 5.74. The van der Waals surface area contributed by atoms with E-state index in [9.17, 15) is 18.0 Å². The van der Waals surface area contributed by atoms with Crippen LogP contribution in [0.3, 0.4) is 0 Å². The second-order valence-electron chi connectivity index (χ2n) is 10.5. The summed E-state index contributed by atoms with van der Waals surface area (Å²) in [5.74, 6) is 0.983. The number of carbonyl (C=O) groups is 1. The average Bonchev–Trinajstić information content (AvgIpc) is 3.24. The van der Waals surface area contributed by atoms with Gasteiger partial charge in [-0.05, 0) is 43.3 Å². The number of rotatable bonds is 3. The summed E-state index contributed by atoms with van der Waals surface area (Å²) < 4.78 is 40.7. The zero-order valence-corrected chi connectivity index (χ0v) is 25.9. The number of halogens is 5. The highest BCUT2D eigenvalue weighted by atomic mass is 35.5. The van der Waals surface area contributed by atoms with E-state index < -0.39 is 18.6 Å². The lowest BCUT2D eigenvalue weighted by Gasteiger charge is -2.24. The van der Waals surface area contributed by atoms with Gasteiger partial charge >= 0.3 is 6.18 Å². The van der Waals surface area contributed by atoms with Crippen molar-refractivity contribution in [1.29, 1.82) is 0 Å². The Morgan fingerprint density at radius 3 is 1.80 bits per heavy atom. The van der Waals surface area contributed by atoms with E-state index in [0.29, 0.717) is 38.3 Å². The third kappa shape index (κ3) is 6.59. The topological polar surface area (TPSA) is 75.7 Å². The minimum Gasteiger partial charge on any atom is -0.301 e. The standard InChI is InChI=1S/C17H12ClF3N2O.C17H13ClN4/c18-12-6-7-14-13(8-12)16(11-4-2-1-3-5-11)22-9-15(24)23(14)10-17(19,20)21;1-11-20-21-16-10-19-17(12-5-3-2-4-6-12)14-9-13(18)7-8-15(14)22(11)16/h1-8H,9-10H2;2-9H,10H2,1H3. The molecule has 1 aromatic heterocycles. The monoisotopic (exact) mass is 660 g/mol. The molecule has 232 valence electrons. The summed E-state index contributed by atoms with van der Waals surface area (Å²) in [6, 6.07) is 29.4. The predicted octanol–water partition coefficient (Wildman–Crippen LogP) is 7.67. The van der Waals surface area contributed by atoms with Gasteiger partial charge in [0.1, 0.15) is 25.5 Å². The van der Waals surface area contributed by atoms with Gasteiger partial charge in [-0.25, -0.2) is 0 Å². The zero-order valence-electron chi connectivity index (χ0n) is 24.3. The fourth-order valence-electron chi connectivity index (χ4n) is 5.37. The van der Waals surface area contributed by atoms with Crippen LogP contribution in [0.25, 0.3) is 5.69 Å². The van der Waals surface area contributed by atoms with Gasteiger partial charge in [0.05, 0.1) is 22.8 Å². The van der Waals surface area contributed by atoms with Crippen LogP contribution in [0, 0.1) is 6.92 Å². The first kappa shape index (κ1) is 31.2. The Labute approximate surface area is 272 Å². The van der Waals surface area contributed by atoms with Crippen LogP contribution in [0.2, 0.25) is 10.0 Å². The number of hydrogen-bond donors (Lipinski definition) is 0. The minimum absolute atomic E-state index is 0.154. The number of fused-ring (bicyclic) bond motifs is 4. The molecule has 0 atom stereocenters. The van der Waals surface area contributed by atoms with Gasteiger partial charge in [-0.15, -0.1) is 10.2 Å². The number of alkyl halides is 3. The van der Waals surface area contributed by atoms with Gasteiger partial charge in [0.15, 0.2) is 5.82 Å². The second-order valence-corrected chi connectivity index (χ2v) is 11.4. The molecule has 2 aliphatic heterocycles. The fraction of sp³-hybridized carbons (Fsp3) is 0.147. The average molecular weight is 662 g/mol. The van der Waals surface area contributed by atoms with Crippen molar-refractivity contribution < 1.29 is 18.0 Å². The van der Waals surface area contributed by atoms with Gasteiger partial charge in [0.2, 0.25) is 5.91 Å². The molecule has 0 N–H and O–H groups in total. The van der Waals surface area contributed by atoms with Crippen molar-refractivity contribution >= 4 is 46.2 Å². The van der Waals surface area contributed by atoms with E-state index in [0.717, 1.165) is 34.2 Å². The smallest absolute Gasteiger partial charge is 0.301 e. The van der Waals surface area contributed by atoms with Crippen LogP contribution in [-0.2, 0) is 11.3 Å². The number of aryl methyl sites for hydroxylation is 1. The van der Waals surface area contributed by atoms with Crippen LogP contribution in [0.5, 0.6) is 0 Å². The summed E-state index contributed by atoms with van der Waals surface area (Å²) >= 11 is 12.2. The molecule has 0 spiro atoms. The van der Waals surface area contributed by atoms with E-state index in [1.807, 2.05) is 54.0 Å². The molecule has 0 saturated heterocycles. The van der Waals surface area contributed by atoms with Gasteiger partial charge in [-0.1, -0.05) is 83.9 Å². The van der Waals surface area contributed by atoms with Gasteiger partial charge in [-0.2, -0.15) is 13.2 Å². The molecule has 4 aromatic carbocycles. The van der Waals surface area contributed by atoms with Crippen LogP contribution >= 0.6 is 23.2 Å². The summed E-state index contributed by atoms with van der Waals surface area (Å²) in [6.45, 7) is 0.727. The van der Waals surface area contributed by atoms with Crippen LogP contribution in [-0.4, -0.2) is 51.4 Å². The molecule has 3 heterocycles. The summed E-state index contributed by atoms with van der Waals surface area (Å²) in [6.07, 6.45) is -4.51. The Hall–Kier alpha value is -4.80. The molecule has 2 aliphatic rings. The molecule has 0 unspecified atom stereocenters. The number of aromatic nitrogens is 3. The van der Waals surface area contributed by atoms with E-state index in [1.54, 1.807) is 24.3 Å². The number of amides is 1. The van der Waals surface area contributed by atoms with E-state index in [2.05, 4.69) is 27.3 Å². The van der Waals surface area contributed by atoms with Gasteiger partial charge in [0, 0.05) is 32.3 Å². The molecule has 0 aliphatic carbocycles. The third-order valence-corrected chi connectivity index (χ3v) is 7.81. The van der Waals surface area contributed by atoms with Crippen LogP contribution in [0.4, 0.5) is 18.9 Å². The summed E-state index contributed by atoms with van der Waals surface area (Å²) in [7, 11) is 0. The van der Waals surface area contributed by atoms with Crippen molar-refractivity contribution in [3.8, 4) is 5.69 Å². The lowest BCUT2D eigenvalue weighted by Crippen LogP contribution is -2.40. The zero-order chi connectivity index (χ0) is 32.4. The Kier molecular flexibility index (Phi) is 8.75. The number of aliphatic imine (C=N–C) groups is 2. The quantitative estimate of drug-likeness (QED) is 0.199. The Morgan fingerprint density at radius 2 is 1.24 bits per heavy atom. The predicted molar refractivity (Wildman–Crippen MR) is 174 cm³/mol. The van der Waals surface area contributed by atoms with E-state index in [1.165, 1.54) is 18.2 Å². The number of carbonyl (C=O) groups excluding carboxylic acids is 1. The molecule has 1 amide bonds. The van der Waals surface area contributed by atoms with Crippen LogP contribution in [0.15, 0.2) is 107 Å². The first-order chi connectivity index (χ1) is 22.1. The van der Waals surface area contributed by atoms with Gasteiger partial charge < -0.3 is 4.90 Å². The minimum atomic E-state index is -4.51. The molecular weight excluding hydrogens is 636 g/mol. The maximum atomic E-state index is 12.9. The first-order valence-corrected chi connectivity index (χ1v) is 14.9. The van der Waals surface area contributed by atoms with Crippen molar-refractivity contribution in [2.45, 2.75) is 19.6 Å². The lowest BCUT2D eigenvalue weighted by atomic mass is 10.00. The van der Waals surface area contributed by atoms with E-state index in [4.69, 9.17) is 28.2 Å². The van der Waals surface area contributed by atoms with Gasteiger partial charge in [0.25, 0.3) is 0 Å². The molecule has 12 heteroatoms. The maximum absolute atomic E-state index is 12.9.